The number of nitrogens with one attached hydrogen (secondary N) is 1. The monoisotopic (exact) mass is 424 g/mol. The van der Waals surface area contributed by atoms with Gasteiger partial charge in [-0.25, -0.2) is 4.79 Å². The van der Waals surface area contributed by atoms with Crippen molar-refractivity contribution in [3.8, 4) is 0 Å². The fourth-order valence-corrected chi connectivity index (χ4v) is 4.52. The first kappa shape index (κ1) is 20.9. The maximum atomic E-state index is 13.1. The van der Waals surface area contributed by atoms with E-state index in [2.05, 4.69) is 28.4 Å². The van der Waals surface area contributed by atoms with Crippen molar-refractivity contribution >= 4 is 23.0 Å². The summed E-state index contributed by atoms with van der Waals surface area (Å²) in [6, 6.07) is 6.33. The number of hydrogen-bond donors (Lipinski definition) is 1. The molecule has 3 aromatic rings. The third-order valence-corrected chi connectivity index (χ3v) is 5.83. The Hall–Kier alpha value is -3.36. The van der Waals surface area contributed by atoms with Crippen LogP contribution in [-0.4, -0.2) is 43.7 Å². The largest absolute Gasteiger partial charge is 0.352 e. The van der Waals surface area contributed by atoms with Crippen LogP contribution in [0.4, 0.5) is 5.95 Å². The van der Waals surface area contributed by atoms with E-state index in [1.54, 1.807) is 7.05 Å². The van der Waals surface area contributed by atoms with Gasteiger partial charge in [0.15, 0.2) is 11.2 Å². The van der Waals surface area contributed by atoms with Gasteiger partial charge in [-0.2, -0.15) is 4.98 Å². The van der Waals surface area contributed by atoms with E-state index < -0.39 is 5.69 Å². The standard InChI is InChI=1S/C22H28N6O3/c1-13-8-14(2)10-16(9-13)11-28-18-19(25(4)22(31)26(5)20(18)30)24-21(28)27-7-6-17(12-27)23-15(3)29/h8-10,17H,6-7,11-12H2,1-5H3,(H,23,29). The van der Waals surface area contributed by atoms with Crippen LogP contribution in [0.3, 0.4) is 0 Å². The molecule has 1 saturated heterocycles. The minimum Gasteiger partial charge on any atom is -0.352 e. The molecule has 1 aliphatic heterocycles. The van der Waals surface area contributed by atoms with Crippen LogP contribution < -0.4 is 21.5 Å². The molecule has 164 valence electrons. The predicted molar refractivity (Wildman–Crippen MR) is 120 cm³/mol. The van der Waals surface area contributed by atoms with E-state index in [0.717, 1.165) is 27.7 Å². The molecular formula is C22H28N6O3. The number of anilines is 1. The first-order valence-electron chi connectivity index (χ1n) is 10.4. The van der Waals surface area contributed by atoms with Crippen LogP contribution in [0.25, 0.3) is 11.2 Å². The van der Waals surface area contributed by atoms with E-state index in [0.29, 0.717) is 36.7 Å². The van der Waals surface area contributed by atoms with Crippen LogP contribution >= 0.6 is 0 Å². The molecule has 1 N–H and O–H groups in total. The van der Waals surface area contributed by atoms with E-state index >= 15 is 0 Å². The minimum atomic E-state index is -0.405. The van der Waals surface area contributed by atoms with Gasteiger partial charge < -0.3 is 10.2 Å². The lowest BCUT2D eigenvalue weighted by atomic mass is 10.1. The Balaban J connectivity index is 1.89. The van der Waals surface area contributed by atoms with Crippen molar-refractivity contribution in [2.75, 3.05) is 18.0 Å². The molecule has 1 fully saturated rings. The highest BCUT2D eigenvalue weighted by molar-refractivity contribution is 5.75. The van der Waals surface area contributed by atoms with Crippen molar-refractivity contribution < 1.29 is 4.79 Å². The lowest BCUT2D eigenvalue weighted by molar-refractivity contribution is -0.119. The Morgan fingerprint density at radius 2 is 1.81 bits per heavy atom. The summed E-state index contributed by atoms with van der Waals surface area (Å²) in [5, 5.41) is 2.96. The van der Waals surface area contributed by atoms with Gasteiger partial charge in [-0.1, -0.05) is 29.3 Å². The summed E-state index contributed by atoms with van der Waals surface area (Å²) in [5.74, 6) is 0.576. The van der Waals surface area contributed by atoms with Gasteiger partial charge in [0.25, 0.3) is 5.56 Å². The maximum absolute atomic E-state index is 13.1. The first-order chi connectivity index (χ1) is 14.7. The normalized spacial score (nSPS) is 16.3. The Labute approximate surface area is 179 Å². The van der Waals surface area contributed by atoms with Gasteiger partial charge in [-0.05, 0) is 25.8 Å². The van der Waals surface area contributed by atoms with E-state index in [4.69, 9.17) is 4.98 Å². The second-order valence-corrected chi connectivity index (χ2v) is 8.50. The average molecular weight is 425 g/mol. The summed E-state index contributed by atoms with van der Waals surface area (Å²) < 4.78 is 4.44. The maximum Gasteiger partial charge on any atom is 0.332 e. The number of hydrogen-bond acceptors (Lipinski definition) is 5. The van der Waals surface area contributed by atoms with E-state index in [9.17, 15) is 14.4 Å². The molecule has 1 aliphatic rings. The molecule has 1 amide bonds. The second kappa shape index (κ2) is 7.72. The molecule has 0 saturated carbocycles. The molecule has 3 heterocycles. The van der Waals surface area contributed by atoms with Crippen molar-refractivity contribution in [3.63, 3.8) is 0 Å². The zero-order chi connectivity index (χ0) is 22.4. The number of rotatable bonds is 4. The van der Waals surface area contributed by atoms with E-state index in [-0.39, 0.29) is 17.5 Å². The Bertz CT molecular complexity index is 1280. The third-order valence-electron chi connectivity index (χ3n) is 5.83. The Kier molecular flexibility index (Phi) is 5.20. The molecule has 9 heteroatoms. The van der Waals surface area contributed by atoms with Crippen LogP contribution in [0.1, 0.15) is 30.0 Å². The van der Waals surface area contributed by atoms with Gasteiger partial charge in [-0.3, -0.25) is 23.3 Å². The SMILES string of the molecule is CC(=O)NC1CCN(c2nc3c(c(=O)n(C)c(=O)n3C)n2Cc2cc(C)cc(C)c2)C1. The summed E-state index contributed by atoms with van der Waals surface area (Å²) in [7, 11) is 3.12. The topological polar surface area (TPSA) is 94.2 Å². The van der Waals surface area contributed by atoms with Crippen molar-refractivity contribution in [2.45, 2.75) is 39.8 Å². The summed E-state index contributed by atoms with van der Waals surface area (Å²) in [6.45, 7) is 7.37. The molecule has 1 aromatic carbocycles. The van der Waals surface area contributed by atoms with Crippen molar-refractivity contribution in [1.29, 1.82) is 0 Å². The summed E-state index contributed by atoms with van der Waals surface area (Å²) in [5.41, 5.74) is 3.36. The van der Waals surface area contributed by atoms with Gasteiger partial charge in [0.05, 0.1) is 6.54 Å². The molecule has 0 radical (unpaired) electrons. The van der Waals surface area contributed by atoms with Gasteiger partial charge in [-0.15, -0.1) is 0 Å². The zero-order valence-corrected chi connectivity index (χ0v) is 18.6. The molecule has 1 atom stereocenters. The lowest BCUT2D eigenvalue weighted by Crippen LogP contribution is -2.37. The third kappa shape index (κ3) is 3.75. The van der Waals surface area contributed by atoms with Crippen molar-refractivity contribution in [3.05, 3.63) is 55.7 Å². The second-order valence-electron chi connectivity index (χ2n) is 8.50. The first-order valence-corrected chi connectivity index (χ1v) is 10.4. The molecule has 9 nitrogen and oxygen atoms in total. The smallest absolute Gasteiger partial charge is 0.332 e. The highest BCUT2D eigenvalue weighted by Gasteiger charge is 2.29. The van der Waals surface area contributed by atoms with E-state index in [1.807, 2.05) is 18.4 Å². The average Bonchev–Trinajstić information content (AvgIpc) is 3.28. The summed E-state index contributed by atoms with van der Waals surface area (Å²) >= 11 is 0. The van der Waals surface area contributed by atoms with Gasteiger partial charge in [0.1, 0.15) is 0 Å². The molecule has 0 aliphatic carbocycles. The van der Waals surface area contributed by atoms with E-state index in [1.165, 1.54) is 18.5 Å². The number of aromatic nitrogens is 4. The lowest BCUT2D eigenvalue weighted by Gasteiger charge is -2.20. The zero-order valence-electron chi connectivity index (χ0n) is 18.6. The predicted octanol–water partition coefficient (Wildman–Crippen LogP) is 0.814. The minimum absolute atomic E-state index is 0.0265. The van der Waals surface area contributed by atoms with Gasteiger partial charge in [0, 0.05) is 40.2 Å². The van der Waals surface area contributed by atoms with Crippen LogP contribution in [0, 0.1) is 13.8 Å². The highest BCUT2D eigenvalue weighted by Crippen LogP contribution is 2.25. The number of aryl methyl sites for hydroxylation is 3. The Morgan fingerprint density at radius 1 is 1.13 bits per heavy atom. The number of nitrogens with zero attached hydrogens (tertiary/aromatic N) is 5. The number of fused-ring (bicyclic) bond motifs is 1. The van der Waals surface area contributed by atoms with Crippen LogP contribution in [-0.2, 0) is 25.4 Å². The summed E-state index contributed by atoms with van der Waals surface area (Å²) in [4.78, 5) is 43.9. The number of imidazole rings is 1. The highest BCUT2D eigenvalue weighted by atomic mass is 16.2. The molecule has 0 spiro atoms. The molecular weight excluding hydrogens is 396 g/mol. The molecule has 2 aromatic heterocycles. The van der Waals surface area contributed by atoms with Gasteiger partial charge in [0.2, 0.25) is 11.9 Å². The number of carbonyl (C=O) groups excluding carboxylic acids is 1. The van der Waals surface area contributed by atoms with Crippen molar-refractivity contribution in [2.24, 2.45) is 14.1 Å². The van der Waals surface area contributed by atoms with Crippen molar-refractivity contribution in [1.82, 2.24) is 24.0 Å². The number of carbonyl (C=O) groups is 1. The molecule has 1 unspecified atom stereocenters. The van der Waals surface area contributed by atoms with Crippen LogP contribution in [0.2, 0.25) is 0 Å². The van der Waals surface area contributed by atoms with Crippen LogP contribution in [0.5, 0.6) is 0 Å². The fraction of sp³-hybridized carbons (Fsp3) is 0.455. The fourth-order valence-electron chi connectivity index (χ4n) is 4.52. The quantitative estimate of drug-likeness (QED) is 0.669. The molecule has 0 bridgehead atoms. The number of benzene rings is 1. The number of amides is 1. The Morgan fingerprint density at radius 3 is 2.45 bits per heavy atom. The molecule has 4 rings (SSSR count). The summed E-state index contributed by atoms with van der Waals surface area (Å²) in [6.07, 6.45) is 0.795. The van der Waals surface area contributed by atoms with Gasteiger partial charge >= 0.3 is 5.69 Å². The van der Waals surface area contributed by atoms with Crippen LogP contribution in [0.15, 0.2) is 27.8 Å². The molecule has 31 heavy (non-hydrogen) atoms.